The molecule has 2 aliphatic carbocycles. The number of fused-ring (bicyclic) bond motifs is 1. The minimum absolute atomic E-state index is 0.988. The van der Waals surface area contributed by atoms with E-state index in [9.17, 15) is 0 Å². The standard InChI is InChI=1S/C9H14/c1-2-4-9-6-5-8(3-1)7-9/h7-8H,1-6H2/t8-/m1/s1. The summed E-state index contributed by atoms with van der Waals surface area (Å²) in [6.07, 6.45) is 11.2. The van der Waals surface area contributed by atoms with Gasteiger partial charge in [-0.2, -0.15) is 0 Å². The highest BCUT2D eigenvalue weighted by atomic mass is 14.2. The predicted molar refractivity (Wildman–Crippen MR) is 39.3 cm³/mol. The molecule has 0 aromatic carbocycles. The Bertz CT molecular complexity index is 133. The van der Waals surface area contributed by atoms with Crippen molar-refractivity contribution in [3.05, 3.63) is 11.6 Å². The third kappa shape index (κ3) is 1.03. The second-order valence-corrected chi connectivity index (χ2v) is 3.37. The fourth-order valence-corrected chi connectivity index (χ4v) is 2.07. The van der Waals surface area contributed by atoms with Crippen molar-refractivity contribution < 1.29 is 0 Å². The molecule has 0 N–H and O–H groups in total. The Kier molecular flexibility index (Phi) is 1.33. The van der Waals surface area contributed by atoms with Gasteiger partial charge in [0.2, 0.25) is 0 Å². The first kappa shape index (κ1) is 5.52. The zero-order valence-electron chi connectivity index (χ0n) is 5.90. The van der Waals surface area contributed by atoms with Gasteiger partial charge in [0.1, 0.15) is 0 Å². The van der Waals surface area contributed by atoms with E-state index in [1.54, 1.807) is 5.57 Å². The lowest BCUT2D eigenvalue weighted by atomic mass is 10.00. The van der Waals surface area contributed by atoms with Crippen LogP contribution in [0.15, 0.2) is 11.6 Å². The summed E-state index contributed by atoms with van der Waals surface area (Å²) in [5.41, 5.74) is 1.76. The molecule has 2 rings (SSSR count). The van der Waals surface area contributed by atoms with Gasteiger partial charge >= 0.3 is 0 Å². The Hall–Kier alpha value is -0.260. The van der Waals surface area contributed by atoms with Crippen LogP contribution >= 0.6 is 0 Å². The highest BCUT2D eigenvalue weighted by Gasteiger charge is 2.17. The summed E-state index contributed by atoms with van der Waals surface area (Å²) in [5, 5.41) is 0. The number of rotatable bonds is 0. The first-order valence-electron chi connectivity index (χ1n) is 4.15. The molecule has 0 spiro atoms. The summed E-state index contributed by atoms with van der Waals surface area (Å²) in [4.78, 5) is 0. The van der Waals surface area contributed by atoms with Crippen LogP contribution in [-0.2, 0) is 0 Å². The average molecular weight is 122 g/mol. The van der Waals surface area contributed by atoms with Gasteiger partial charge in [-0.05, 0) is 38.0 Å². The summed E-state index contributed by atoms with van der Waals surface area (Å²) in [6, 6.07) is 0. The van der Waals surface area contributed by atoms with Crippen LogP contribution < -0.4 is 0 Å². The van der Waals surface area contributed by atoms with Gasteiger partial charge in [-0.25, -0.2) is 0 Å². The molecule has 0 unspecified atom stereocenters. The molecule has 2 bridgehead atoms. The van der Waals surface area contributed by atoms with E-state index in [1.807, 2.05) is 0 Å². The minimum atomic E-state index is 0.988. The summed E-state index contributed by atoms with van der Waals surface area (Å²) in [6.45, 7) is 0. The van der Waals surface area contributed by atoms with Crippen LogP contribution in [0.2, 0.25) is 0 Å². The van der Waals surface area contributed by atoms with Gasteiger partial charge < -0.3 is 0 Å². The number of allylic oxidation sites excluding steroid dienone is 2. The molecular formula is C9H14. The summed E-state index contributed by atoms with van der Waals surface area (Å²) in [7, 11) is 0. The van der Waals surface area contributed by atoms with Gasteiger partial charge in [0, 0.05) is 0 Å². The van der Waals surface area contributed by atoms with Crippen LogP contribution in [0.1, 0.15) is 38.5 Å². The molecule has 0 radical (unpaired) electrons. The molecule has 2 aliphatic rings. The van der Waals surface area contributed by atoms with Crippen LogP contribution in [0.25, 0.3) is 0 Å². The second-order valence-electron chi connectivity index (χ2n) is 3.37. The first-order valence-corrected chi connectivity index (χ1v) is 4.15. The Labute approximate surface area is 57.0 Å². The maximum Gasteiger partial charge on any atom is -0.0228 e. The van der Waals surface area contributed by atoms with Crippen molar-refractivity contribution in [2.75, 3.05) is 0 Å². The van der Waals surface area contributed by atoms with E-state index >= 15 is 0 Å². The number of hydrogen-bond acceptors (Lipinski definition) is 0. The SMILES string of the molecule is C1=C2CCCC[C@@H]1CC2. The molecule has 0 saturated carbocycles. The Balaban J connectivity index is 2.10. The molecule has 0 heteroatoms. The van der Waals surface area contributed by atoms with Crippen LogP contribution in [0.3, 0.4) is 0 Å². The molecule has 0 aliphatic heterocycles. The van der Waals surface area contributed by atoms with Crippen LogP contribution in [0, 0.1) is 5.92 Å². The predicted octanol–water partition coefficient (Wildman–Crippen LogP) is 2.90. The molecule has 0 aromatic heterocycles. The molecule has 0 saturated heterocycles. The maximum atomic E-state index is 2.53. The van der Waals surface area contributed by atoms with Crippen molar-refractivity contribution in [1.29, 1.82) is 0 Å². The second kappa shape index (κ2) is 2.17. The van der Waals surface area contributed by atoms with Crippen molar-refractivity contribution in [2.45, 2.75) is 38.5 Å². The Morgan fingerprint density at radius 3 is 3.11 bits per heavy atom. The van der Waals surface area contributed by atoms with E-state index in [2.05, 4.69) is 6.08 Å². The highest BCUT2D eigenvalue weighted by molar-refractivity contribution is 5.12. The molecule has 1 atom stereocenters. The molecule has 0 nitrogen and oxygen atoms in total. The normalized spacial score (nSPS) is 33.8. The monoisotopic (exact) mass is 122 g/mol. The molecule has 9 heavy (non-hydrogen) atoms. The van der Waals surface area contributed by atoms with Crippen molar-refractivity contribution in [1.82, 2.24) is 0 Å². The van der Waals surface area contributed by atoms with Crippen molar-refractivity contribution >= 4 is 0 Å². The van der Waals surface area contributed by atoms with Gasteiger partial charge in [0.15, 0.2) is 0 Å². The van der Waals surface area contributed by atoms with E-state index < -0.39 is 0 Å². The smallest absolute Gasteiger partial charge is 0.0228 e. The zero-order chi connectivity index (χ0) is 6.10. The Morgan fingerprint density at radius 2 is 2.11 bits per heavy atom. The first-order chi connectivity index (χ1) is 4.45. The third-order valence-electron chi connectivity index (χ3n) is 2.63. The average Bonchev–Trinajstić information content (AvgIpc) is 2.09. The van der Waals surface area contributed by atoms with Gasteiger partial charge in [0.05, 0.1) is 0 Å². The molecule has 0 amide bonds. The van der Waals surface area contributed by atoms with Crippen molar-refractivity contribution in [3.63, 3.8) is 0 Å². The van der Waals surface area contributed by atoms with E-state index in [1.165, 1.54) is 38.5 Å². The van der Waals surface area contributed by atoms with Gasteiger partial charge in [-0.1, -0.05) is 18.1 Å². The van der Waals surface area contributed by atoms with Gasteiger partial charge in [0.25, 0.3) is 0 Å². The lowest BCUT2D eigenvalue weighted by Crippen LogP contribution is -1.91. The maximum absolute atomic E-state index is 2.53. The fraction of sp³-hybridized carbons (Fsp3) is 0.778. The highest BCUT2D eigenvalue weighted by Crippen LogP contribution is 2.34. The van der Waals surface area contributed by atoms with Crippen molar-refractivity contribution in [2.24, 2.45) is 5.92 Å². The molecule has 50 valence electrons. The third-order valence-corrected chi connectivity index (χ3v) is 2.63. The largest absolute Gasteiger partial charge is 0.0822 e. The lowest BCUT2D eigenvalue weighted by Gasteiger charge is -2.06. The summed E-state index contributed by atoms with van der Waals surface area (Å²) >= 11 is 0. The molecule has 0 fully saturated rings. The molecule has 0 aromatic rings. The minimum Gasteiger partial charge on any atom is -0.0822 e. The fourth-order valence-electron chi connectivity index (χ4n) is 2.07. The molecule has 0 heterocycles. The van der Waals surface area contributed by atoms with Crippen LogP contribution in [0.4, 0.5) is 0 Å². The lowest BCUT2D eigenvalue weighted by molar-refractivity contribution is 0.522. The van der Waals surface area contributed by atoms with E-state index in [4.69, 9.17) is 0 Å². The zero-order valence-corrected chi connectivity index (χ0v) is 5.90. The van der Waals surface area contributed by atoms with Crippen molar-refractivity contribution in [3.8, 4) is 0 Å². The van der Waals surface area contributed by atoms with Gasteiger partial charge in [-0.3, -0.25) is 0 Å². The van der Waals surface area contributed by atoms with E-state index in [-0.39, 0.29) is 0 Å². The molecular weight excluding hydrogens is 108 g/mol. The van der Waals surface area contributed by atoms with E-state index in [0.717, 1.165) is 5.92 Å². The summed E-state index contributed by atoms with van der Waals surface area (Å²) in [5.74, 6) is 0.988. The van der Waals surface area contributed by atoms with Gasteiger partial charge in [-0.15, -0.1) is 0 Å². The van der Waals surface area contributed by atoms with Crippen LogP contribution in [-0.4, -0.2) is 0 Å². The topological polar surface area (TPSA) is 0 Å². The number of hydrogen-bond donors (Lipinski definition) is 0. The quantitative estimate of drug-likeness (QED) is 0.433. The summed E-state index contributed by atoms with van der Waals surface area (Å²) < 4.78 is 0. The van der Waals surface area contributed by atoms with Crippen LogP contribution in [0.5, 0.6) is 0 Å². The van der Waals surface area contributed by atoms with E-state index in [0.29, 0.717) is 0 Å². The Morgan fingerprint density at radius 1 is 1.11 bits per heavy atom.